The van der Waals surface area contributed by atoms with Gasteiger partial charge in [0, 0.05) is 5.88 Å². The first kappa shape index (κ1) is 17.7. The Morgan fingerprint density at radius 3 is 2.79 bits per heavy atom. The number of carbonyl (C=O) groups excluding carboxylic acids is 2. The smallest absolute Gasteiger partial charge is 0.339 e. The lowest BCUT2D eigenvalue weighted by Crippen LogP contribution is -2.82. The average molecular weight is 358 g/mol. The first-order valence-electron chi connectivity index (χ1n) is 8.42. The molecule has 0 aromatic carbocycles. The van der Waals surface area contributed by atoms with Crippen LogP contribution in [0.5, 0.6) is 0 Å². The quantitative estimate of drug-likeness (QED) is 0.383. The Bertz CT molecular complexity index is 594. The molecule has 2 aliphatic heterocycles. The fourth-order valence-corrected chi connectivity index (χ4v) is 4.88. The third-order valence-electron chi connectivity index (χ3n) is 6.27. The number of nitrogens with one attached hydrogen (secondary N) is 1. The highest BCUT2D eigenvalue weighted by Crippen LogP contribution is 2.54. The van der Waals surface area contributed by atoms with E-state index in [-0.39, 0.29) is 24.1 Å². The summed E-state index contributed by atoms with van der Waals surface area (Å²) in [7, 11) is 0. The lowest BCUT2D eigenvalue weighted by atomic mass is 9.61. The molecule has 0 saturated carbocycles. The molecule has 7 heteroatoms. The maximum absolute atomic E-state index is 12.4. The average Bonchev–Trinajstić information content (AvgIpc) is 2.75. The molecule has 0 aromatic rings. The van der Waals surface area contributed by atoms with E-state index in [9.17, 15) is 19.8 Å². The van der Waals surface area contributed by atoms with Crippen LogP contribution in [0.15, 0.2) is 11.6 Å². The Labute approximate surface area is 146 Å². The molecule has 1 amide bonds. The van der Waals surface area contributed by atoms with Gasteiger partial charge in [0.2, 0.25) is 11.4 Å². The number of rotatable bonds is 5. The van der Waals surface area contributed by atoms with Gasteiger partial charge in [-0.1, -0.05) is 18.6 Å². The van der Waals surface area contributed by atoms with Crippen LogP contribution in [0.4, 0.5) is 0 Å². The zero-order valence-electron chi connectivity index (χ0n) is 13.9. The number of fused-ring (bicyclic) bond motifs is 1. The molecule has 3 rings (SSSR count). The van der Waals surface area contributed by atoms with E-state index < -0.39 is 41.6 Å². The van der Waals surface area contributed by atoms with Crippen LogP contribution >= 0.6 is 11.6 Å². The van der Waals surface area contributed by atoms with Gasteiger partial charge in [0.15, 0.2) is 5.60 Å². The molecule has 0 spiro atoms. The third kappa shape index (κ3) is 2.02. The summed E-state index contributed by atoms with van der Waals surface area (Å²) in [5, 5.41) is 23.8. The van der Waals surface area contributed by atoms with Gasteiger partial charge >= 0.3 is 5.97 Å². The van der Waals surface area contributed by atoms with E-state index in [0.717, 1.165) is 12.0 Å². The van der Waals surface area contributed by atoms with Gasteiger partial charge in [-0.2, -0.15) is 0 Å². The summed E-state index contributed by atoms with van der Waals surface area (Å²) in [6.07, 6.45) is 2.82. The summed E-state index contributed by atoms with van der Waals surface area (Å²) in [5.41, 5.74) is -1.85. The number of hydrogen-bond donors (Lipinski definition) is 3. The Hall–Kier alpha value is -1.11. The standard InChI is InChI=1S/C17H24ClNO5/c1-9-4-3-5-11(10(9)2)13(21)17-15(23)24-16(17,8-20)12(6-7-18)14(22)19-17/h4,10-13,20-21H,3,5-8H2,1-2H3,(H,19,22)/t10?,11-,12-,13-,16+,17?/m0/s1. The number of aliphatic hydroxyl groups is 2. The molecule has 2 fully saturated rings. The number of aliphatic hydroxyl groups excluding tert-OH is 2. The predicted octanol–water partition coefficient (Wildman–Crippen LogP) is 0.741. The van der Waals surface area contributed by atoms with Crippen LogP contribution in [0, 0.1) is 17.8 Å². The van der Waals surface area contributed by atoms with E-state index in [0.29, 0.717) is 6.42 Å². The van der Waals surface area contributed by atoms with Crippen LogP contribution in [0.25, 0.3) is 0 Å². The first-order valence-corrected chi connectivity index (χ1v) is 8.96. The van der Waals surface area contributed by atoms with Crippen molar-refractivity contribution >= 4 is 23.5 Å². The monoisotopic (exact) mass is 357 g/mol. The molecule has 24 heavy (non-hydrogen) atoms. The second-order valence-corrected chi connectivity index (χ2v) is 7.57. The number of esters is 1. The Morgan fingerprint density at radius 1 is 1.50 bits per heavy atom. The highest BCUT2D eigenvalue weighted by atomic mass is 35.5. The zero-order chi connectivity index (χ0) is 17.7. The maximum Gasteiger partial charge on any atom is 0.339 e. The molecule has 1 aliphatic carbocycles. The molecule has 0 radical (unpaired) electrons. The summed E-state index contributed by atoms with van der Waals surface area (Å²) in [6, 6.07) is 0. The minimum atomic E-state index is -1.58. The topological polar surface area (TPSA) is 95.9 Å². The van der Waals surface area contributed by atoms with Gasteiger partial charge in [-0.3, -0.25) is 4.79 Å². The second-order valence-electron chi connectivity index (χ2n) is 7.19. The van der Waals surface area contributed by atoms with E-state index in [1.54, 1.807) is 0 Å². The molecule has 134 valence electrons. The number of carbonyl (C=O) groups is 2. The summed E-state index contributed by atoms with van der Waals surface area (Å²) < 4.78 is 5.31. The molecule has 2 heterocycles. The van der Waals surface area contributed by atoms with E-state index in [1.807, 2.05) is 13.8 Å². The lowest BCUT2D eigenvalue weighted by Gasteiger charge is -2.56. The summed E-state index contributed by atoms with van der Waals surface area (Å²) in [4.78, 5) is 24.8. The molecule has 0 aromatic heterocycles. The van der Waals surface area contributed by atoms with Crippen LogP contribution in [-0.4, -0.2) is 51.8 Å². The van der Waals surface area contributed by atoms with Crippen molar-refractivity contribution in [2.75, 3.05) is 12.5 Å². The highest BCUT2D eigenvalue weighted by Gasteiger charge is 2.81. The van der Waals surface area contributed by atoms with Crippen molar-refractivity contribution in [3.8, 4) is 0 Å². The fourth-order valence-electron chi connectivity index (χ4n) is 4.66. The van der Waals surface area contributed by atoms with Gasteiger partial charge in [-0.05, 0) is 38.0 Å². The first-order chi connectivity index (χ1) is 11.4. The number of hydrogen-bond acceptors (Lipinski definition) is 5. The van der Waals surface area contributed by atoms with Crippen molar-refractivity contribution in [3.63, 3.8) is 0 Å². The Kier molecular flexibility index (Phi) is 4.43. The van der Waals surface area contributed by atoms with Crippen LogP contribution in [-0.2, 0) is 14.3 Å². The molecule has 6 atom stereocenters. The lowest BCUT2D eigenvalue weighted by molar-refractivity contribution is -0.254. The molecular formula is C17H24ClNO5. The number of allylic oxidation sites excluding steroid dienone is 2. The third-order valence-corrected chi connectivity index (χ3v) is 6.49. The van der Waals surface area contributed by atoms with Gasteiger partial charge in [-0.15, -0.1) is 11.6 Å². The number of ether oxygens (including phenoxy) is 1. The highest BCUT2D eigenvalue weighted by molar-refractivity contribution is 6.18. The minimum absolute atomic E-state index is 0.0805. The van der Waals surface area contributed by atoms with Crippen molar-refractivity contribution < 1.29 is 24.5 Å². The molecular weight excluding hydrogens is 334 g/mol. The normalized spacial score (nSPS) is 42.5. The Morgan fingerprint density at radius 2 is 2.21 bits per heavy atom. The fraction of sp³-hybridized carbons (Fsp3) is 0.765. The van der Waals surface area contributed by atoms with Crippen LogP contribution < -0.4 is 5.32 Å². The van der Waals surface area contributed by atoms with Crippen molar-refractivity contribution in [2.45, 2.75) is 50.4 Å². The van der Waals surface area contributed by atoms with Crippen molar-refractivity contribution in [3.05, 3.63) is 11.6 Å². The molecule has 2 saturated heterocycles. The van der Waals surface area contributed by atoms with Crippen LogP contribution in [0.2, 0.25) is 0 Å². The van der Waals surface area contributed by atoms with Gasteiger partial charge in [0.25, 0.3) is 0 Å². The maximum atomic E-state index is 12.4. The minimum Gasteiger partial charge on any atom is -0.451 e. The van der Waals surface area contributed by atoms with Gasteiger partial charge in [0.1, 0.15) is 0 Å². The number of amides is 1. The second kappa shape index (κ2) is 6.00. The van der Waals surface area contributed by atoms with Crippen molar-refractivity contribution in [1.82, 2.24) is 5.32 Å². The van der Waals surface area contributed by atoms with Crippen LogP contribution in [0.1, 0.15) is 33.1 Å². The molecule has 3 aliphatic rings. The van der Waals surface area contributed by atoms with E-state index in [4.69, 9.17) is 16.3 Å². The van der Waals surface area contributed by atoms with Crippen molar-refractivity contribution in [2.24, 2.45) is 17.8 Å². The molecule has 6 nitrogen and oxygen atoms in total. The van der Waals surface area contributed by atoms with Crippen molar-refractivity contribution in [1.29, 1.82) is 0 Å². The summed E-state index contributed by atoms with van der Waals surface area (Å²) in [5.74, 6) is -1.73. The van der Waals surface area contributed by atoms with E-state index in [2.05, 4.69) is 11.4 Å². The SMILES string of the molecule is CC1=CCC[C@H]([C@H](O)C23NC(=O)[C@H](CCCl)[C@@]2(CO)OC3=O)C1C. The largest absolute Gasteiger partial charge is 0.451 e. The van der Waals surface area contributed by atoms with Gasteiger partial charge in [-0.25, -0.2) is 4.79 Å². The summed E-state index contributed by atoms with van der Waals surface area (Å²) in [6.45, 7) is 3.49. The predicted molar refractivity (Wildman–Crippen MR) is 87.3 cm³/mol. The van der Waals surface area contributed by atoms with E-state index >= 15 is 0 Å². The van der Waals surface area contributed by atoms with Gasteiger partial charge < -0.3 is 20.3 Å². The molecule has 0 bridgehead atoms. The molecule has 2 unspecified atom stereocenters. The summed E-state index contributed by atoms with van der Waals surface area (Å²) >= 11 is 5.78. The molecule has 3 N–H and O–H groups in total. The number of alkyl halides is 1. The zero-order valence-corrected chi connectivity index (χ0v) is 14.7. The van der Waals surface area contributed by atoms with Crippen LogP contribution in [0.3, 0.4) is 0 Å². The van der Waals surface area contributed by atoms with E-state index in [1.165, 1.54) is 0 Å². The number of halogens is 1. The Balaban J connectivity index is 1.99. The van der Waals surface area contributed by atoms with Gasteiger partial charge in [0.05, 0.1) is 18.6 Å².